The molecule has 0 saturated heterocycles. The number of benzene rings is 1. The van der Waals surface area contributed by atoms with Gasteiger partial charge in [0.2, 0.25) is 0 Å². The van der Waals surface area contributed by atoms with Crippen LogP contribution in [0.3, 0.4) is 0 Å². The molecule has 3 nitrogen and oxygen atoms in total. The van der Waals surface area contributed by atoms with Crippen molar-refractivity contribution in [1.82, 2.24) is 0 Å². The van der Waals surface area contributed by atoms with Crippen molar-refractivity contribution in [3.05, 3.63) is 27.7 Å². The van der Waals surface area contributed by atoms with Crippen LogP contribution in [0.2, 0.25) is 0 Å². The number of carbonyl (C=O) groups is 1. The molecule has 8 heteroatoms. The zero-order valence-corrected chi connectivity index (χ0v) is 11.0. The third-order valence-electron chi connectivity index (χ3n) is 1.82. The molecule has 0 atom stereocenters. The standard InChI is InChI=1S/C10H5BrF3NO2S/c11-9-5(3-8(16)17)1-7(2-6(9)4-15)18-10(12,13)14/h1-2H,3H2,(H,16,17). The van der Waals surface area contributed by atoms with E-state index in [0.29, 0.717) is 0 Å². The minimum Gasteiger partial charge on any atom is -0.481 e. The molecular weight excluding hydrogens is 335 g/mol. The maximum Gasteiger partial charge on any atom is 0.446 e. The molecule has 0 unspecified atom stereocenters. The monoisotopic (exact) mass is 339 g/mol. The van der Waals surface area contributed by atoms with Gasteiger partial charge in [-0.25, -0.2) is 0 Å². The summed E-state index contributed by atoms with van der Waals surface area (Å²) in [6.45, 7) is 0. The highest BCUT2D eigenvalue weighted by atomic mass is 79.9. The predicted molar refractivity (Wildman–Crippen MR) is 62.1 cm³/mol. The van der Waals surface area contributed by atoms with Gasteiger partial charge in [0.15, 0.2) is 0 Å². The van der Waals surface area contributed by atoms with Gasteiger partial charge in [-0.1, -0.05) is 0 Å². The number of hydrogen-bond donors (Lipinski definition) is 1. The van der Waals surface area contributed by atoms with Crippen LogP contribution in [0, 0.1) is 11.3 Å². The summed E-state index contributed by atoms with van der Waals surface area (Å²) in [5, 5.41) is 17.4. The number of nitriles is 1. The molecule has 0 aliphatic heterocycles. The largest absolute Gasteiger partial charge is 0.481 e. The van der Waals surface area contributed by atoms with Crippen molar-refractivity contribution >= 4 is 33.7 Å². The highest BCUT2D eigenvalue weighted by molar-refractivity contribution is 9.10. The average Bonchev–Trinajstić information content (AvgIpc) is 2.19. The van der Waals surface area contributed by atoms with Gasteiger partial charge < -0.3 is 5.11 Å². The lowest BCUT2D eigenvalue weighted by Gasteiger charge is -2.09. The molecule has 0 aliphatic carbocycles. The van der Waals surface area contributed by atoms with Crippen molar-refractivity contribution in [2.45, 2.75) is 16.8 Å². The number of aliphatic carboxylic acids is 1. The zero-order chi connectivity index (χ0) is 13.9. The Balaban J connectivity index is 3.23. The Bertz CT molecular complexity index is 525. The van der Waals surface area contributed by atoms with E-state index in [9.17, 15) is 18.0 Å². The second-order valence-electron chi connectivity index (χ2n) is 3.17. The van der Waals surface area contributed by atoms with Crippen molar-refractivity contribution in [2.75, 3.05) is 0 Å². The molecule has 0 radical (unpaired) electrons. The molecule has 0 heterocycles. The fraction of sp³-hybridized carbons (Fsp3) is 0.200. The lowest BCUT2D eigenvalue weighted by Crippen LogP contribution is -2.04. The van der Waals surface area contributed by atoms with E-state index < -0.39 is 17.9 Å². The van der Waals surface area contributed by atoms with Gasteiger partial charge >= 0.3 is 11.5 Å². The van der Waals surface area contributed by atoms with Gasteiger partial charge in [0.1, 0.15) is 6.07 Å². The van der Waals surface area contributed by atoms with Crippen LogP contribution in [0.15, 0.2) is 21.5 Å². The number of carboxylic acid groups (broad SMARTS) is 1. The number of hydrogen-bond acceptors (Lipinski definition) is 3. The van der Waals surface area contributed by atoms with Crippen LogP contribution in [0.4, 0.5) is 13.2 Å². The van der Waals surface area contributed by atoms with Crippen LogP contribution < -0.4 is 0 Å². The Morgan fingerprint density at radius 3 is 2.56 bits per heavy atom. The molecule has 0 bridgehead atoms. The van der Waals surface area contributed by atoms with E-state index in [1.807, 2.05) is 0 Å². The molecule has 0 saturated carbocycles. The maximum atomic E-state index is 12.2. The summed E-state index contributed by atoms with van der Waals surface area (Å²) in [6.07, 6.45) is -0.457. The molecule has 1 rings (SSSR count). The molecule has 0 aromatic heterocycles. The van der Waals surface area contributed by atoms with Crippen molar-refractivity contribution in [2.24, 2.45) is 0 Å². The summed E-state index contributed by atoms with van der Waals surface area (Å²) in [5.74, 6) is -1.19. The Hall–Kier alpha value is -1.20. The molecule has 0 spiro atoms. The maximum absolute atomic E-state index is 12.2. The van der Waals surface area contributed by atoms with Crippen LogP contribution in [-0.2, 0) is 11.2 Å². The van der Waals surface area contributed by atoms with E-state index in [-0.39, 0.29) is 32.3 Å². The van der Waals surface area contributed by atoms with Crippen LogP contribution in [0.5, 0.6) is 0 Å². The molecule has 0 fully saturated rings. The van der Waals surface area contributed by atoms with E-state index in [2.05, 4.69) is 15.9 Å². The van der Waals surface area contributed by atoms with E-state index in [1.54, 1.807) is 6.07 Å². The highest BCUT2D eigenvalue weighted by Gasteiger charge is 2.30. The number of thioether (sulfide) groups is 1. The number of carboxylic acids is 1. The lowest BCUT2D eigenvalue weighted by atomic mass is 10.1. The minimum absolute atomic E-state index is 0.0273. The molecular formula is C10H5BrF3NO2S. The first-order chi connectivity index (χ1) is 8.23. The smallest absolute Gasteiger partial charge is 0.446 e. The summed E-state index contributed by atoms with van der Waals surface area (Å²) < 4.78 is 36.9. The van der Waals surface area contributed by atoms with Gasteiger partial charge in [0.05, 0.1) is 12.0 Å². The second-order valence-corrected chi connectivity index (χ2v) is 5.11. The van der Waals surface area contributed by atoms with Gasteiger partial charge in [0.25, 0.3) is 0 Å². The summed E-state index contributed by atoms with van der Waals surface area (Å²) >= 11 is 2.62. The fourth-order valence-corrected chi connectivity index (χ4v) is 2.32. The number of nitrogens with zero attached hydrogens (tertiary/aromatic N) is 1. The van der Waals surface area contributed by atoms with Crippen LogP contribution in [0.1, 0.15) is 11.1 Å². The van der Waals surface area contributed by atoms with Gasteiger partial charge in [-0.2, -0.15) is 18.4 Å². The van der Waals surface area contributed by atoms with Crippen molar-refractivity contribution in [3.63, 3.8) is 0 Å². The first kappa shape index (κ1) is 14.9. The van der Waals surface area contributed by atoms with Gasteiger partial charge in [-0.15, -0.1) is 0 Å². The van der Waals surface area contributed by atoms with Gasteiger partial charge in [-0.3, -0.25) is 4.79 Å². The quantitative estimate of drug-likeness (QED) is 0.855. The molecule has 0 aliphatic rings. The van der Waals surface area contributed by atoms with E-state index in [0.717, 1.165) is 12.1 Å². The first-order valence-corrected chi connectivity index (χ1v) is 6.04. The third kappa shape index (κ3) is 4.23. The highest BCUT2D eigenvalue weighted by Crippen LogP contribution is 2.39. The SMILES string of the molecule is N#Cc1cc(SC(F)(F)F)cc(CC(=O)O)c1Br. The molecule has 1 aromatic rings. The lowest BCUT2D eigenvalue weighted by molar-refractivity contribution is -0.136. The van der Waals surface area contributed by atoms with Crippen LogP contribution in [0.25, 0.3) is 0 Å². The summed E-state index contributed by atoms with van der Waals surface area (Å²) in [6, 6.07) is 3.89. The van der Waals surface area contributed by atoms with Gasteiger partial charge in [0, 0.05) is 9.37 Å². The van der Waals surface area contributed by atoms with E-state index >= 15 is 0 Å². The molecule has 1 aromatic carbocycles. The summed E-state index contributed by atoms with van der Waals surface area (Å²) in [7, 11) is 0. The zero-order valence-electron chi connectivity index (χ0n) is 8.58. The van der Waals surface area contributed by atoms with E-state index in [1.165, 1.54) is 0 Å². The van der Waals surface area contributed by atoms with Crippen LogP contribution >= 0.6 is 27.7 Å². The van der Waals surface area contributed by atoms with E-state index in [4.69, 9.17) is 10.4 Å². The van der Waals surface area contributed by atoms with Crippen molar-refractivity contribution < 1.29 is 23.1 Å². The second kappa shape index (κ2) is 5.63. The minimum atomic E-state index is -4.49. The fourth-order valence-electron chi connectivity index (χ4n) is 1.22. The normalized spacial score (nSPS) is 11.1. The molecule has 1 N–H and O–H groups in total. The average molecular weight is 340 g/mol. The topological polar surface area (TPSA) is 61.1 Å². The third-order valence-corrected chi connectivity index (χ3v) is 3.46. The summed E-state index contributed by atoms with van der Waals surface area (Å²) in [4.78, 5) is 10.4. The number of halogens is 4. The van der Waals surface area contributed by atoms with Crippen molar-refractivity contribution in [1.29, 1.82) is 5.26 Å². The number of alkyl halides is 3. The first-order valence-electron chi connectivity index (χ1n) is 4.43. The Morgan fingerprint density at radius 1 is 1.50 bits per heavy atom. The predicted octanol–water partition coefficient (Wildman–Crippen LogP) is 3.56. The molecule has 0 amide bonds. The Labute approximate surface area is 113 Å². The Kier molecular flexibility index (Phi) is 4.65. The van der Waals surface area contributed by atoms with Crippen LogP contribution in [-0.4, -0.2) is 16.6 Å². The van der Waals surface area contributed by atoms with Gasteiger partial charge in [-0.05, 0) is 45.4 Å². The number of rotatable bonds is 3. The van der Waals surface area contributed by atoms with Crippen molar-refractivity contribution in [3.8, 4) is 6.07 Å². The summed E-state index contributed by atoms with van der Waals surface area (Å²) in [5.41, 5.74) is -4.38. The molecule has 96 valence electrons. The molecule has 18 heavy (non-hydrogen) atoms. The Morgan fingerprint density at radius 2 is 2.11 bits per heavy atom.